The summed E-state index contributed by atoms with van der Waals surface area (Å²) in [5.41, 5.74) is 15.4. The van der Waals surface area contributed by atoms with Crippen molar-refractivity contribution in [2.45, 2.75) is 0 Å². The molecule has 4 aliphatic heterocycles. The molecule has 390 valence electrons. The Morgan fingerprint density at radius 3 is 1.34 bits per heavy atom. The highest BCUT2D eigenvalue weighted by Gasteiger charge is 2.46. The van der Waals surface area contributed by atoms with E-state index in [0.29, 0.717) is 11.5 Å². The zero-order valence-electron chi connectivity index (χ0n) is 44.1. The lowest BCUT2D eigenvalue weighted by Gasteiger charge is -2.43. The molecule has 0 aliphatic carbocycles. The second-order valence-corrected chi connectivity index (χ2v) is 20.9. The third kappa shape index (κ3) is 8.38. The third-order valence-electron chi connectivity index (χ3n) is 15.2. The summed E-state index contributed by atoms with van der Waals surface area (Å²) in [5.74, 6) is 6.28. The Labute approximate surface area is 484 Å². The van der Waals surface area contributed by atoms with Crippen LogP contribution in [-0.2, 0) is 0 Å². The molecule has 0 atom stereocenters. The van der Waals surface area contributed by atoms with Crippen LogP contribution in [0.2, 0.25) is 0 Å². The molecule has 8 nitrogen and oxygen atoms in total. The molecular formula is C72H48BBrN4O4. The van der Waals surface area contributed by atoms with Gasteiger partial charge in [-0.25, -0.2) is 0 Å². The van der Waals surface area contributed by atoms with Crippen LogP contribution in [0.25, 0.3) is 0 Å². The number of nitrogens with zero attached hydrogens (tertiary/aromatic N) is 4. The lowest BCUT2D eigenvalue weighted by atomic mass is 9.34. The lowest BCUT2D eigenvalue weighted by Crippen LogP contribution is -2.59. The van der Waals surface area contributed by atoms with Crippen LogP contribution in [0, 0.1) is 0 Å². The maximum Gasteiger partial charge on any atom is 0.256 e. The SMILES string of the molecule is Brc1c(Oc2ccccc2)cc2c(c1N(c1ccccc1)c1ccccc1)Oc1ccccc1N2c1ccccc1.c1ccc(N2c3ccccc3Oc3c2cc2c4c3N(c3ccccc3)c3ccccc3B4c3ccccc3O2)cc1. The number of benzene rings is 12. The highest BCUT2D eigenvalue weighted by molar-refractivity contribution is 9.10. The van der Waals surface area contributed by atoms with Gasteiger partial charge in [0.1, 0.15) is 28.7 Å². The lowest BCUT2D eigenvalue weighted by molar-refractivity contribution is 0.464. The van der Waals surface area contributed by atoms with Gasteiger partial charge >= 0.3 is 0 Å². The van der Waals surface area contributed by atoms with Crippen LogP contribution in [0.5, 0.6) is 46.0 Å². The molecular weight excluding hydrogens is 1080 g/mol. The molecule has 4 aliphatic rings. The molecule has 0 aromatic heterocycles. The van der Waals surface area contributed by atoms with E-state index >= 15 is 0 Å². The fourth-order valence-electron chi connectivity index (χ4n) is 11.7. The molecule has 0 unspecified atom stereocenters. The number of para-hydroxylation sites is 12. The van der Waals surface area contributed by atoms with Crippen molar-refractivity contribution in [3.05, 3.63) is 296 Å². The molecule has 0 amide bonds. The molecule has 16 rings (SSSR count). The van der Waals surface area contributed by atoms with E-state index < -0.39 is 0 Å². The van der Waals surface area contributed by atoms with Crippen molar-refractivity contribution in [3.63, 3.8) is 0 Å². The van der Waals surface area contributed by atoms with Gasteiger partial charge in [-0.3, -0.25) is 0 Å². The van der Waals surface area contributed by atoms with Gasteiger partial charge in [0.25, 0.3) is 6.71 Å². The van der Waals surface area contributed by atoms with Crippen molar-refractivity contribution in [2.24, 2.45) is 0 Å². The van der Waals surface area contributed by atoms with Gasteiger partial charge in [0, 0.05) is 51.7 Å². The fourth-order valence-corrected chi connectivity index (χ4v) is 12.3. The highest BCUT2D eigenvalue weighted by Crippen LogP contribution is 2.61. The van der Waals surface area contributed by atoms with E-state index in [-0.39, 0.29) is 6.71 Å². The van der Waals surface area contributed by atoms with Crippen LogP contribution in [0.4, 0.5) is 68.2 Å². The molecule has 0 fully saturated rings. The van der Waals surface area contributed by atoms with E-state index in [0.717, 1.165) is 118 Å². The van der Waals surface area contributed by atoms with Gasteiger partial charge in [0.2, 0.25) is 0 Å². The number of fused-ring (bicyclic) bond motifs is 9. The maximum atomic E-state index is 6.92. The molecule has 82 heavy (non-hydrogen) atoms. The predicted octanol–water partition coefficient (Wildman–Crippen LogP) is 19.0. The van der Waals surface area contributed by atoms with Crippen molar-refractivity contribution >= 4 is 107 Å². The number of hydrogen-bond acceptors (Lipinski definition) is 8. The van der Waals surface area contributed by atoms with Gasteiger partial charge in [-0.15, -0.1) is 0 Å². The first-order valence-electron chi connectivity index (χ1n) is 27.3. The van der Waals surface area contributed by atoms with Gasteiger partial charge < -0.3 is 38.5 Å². The molecule has 0 bridgehead atoms. The summed E-state index contributed by atoms with van der Waals surface area (Å²) >= 11 is 3.96. The minimum Gasteiger partial charge on any atom is -0.458 e. The summed E-state index contributed by atoms with van der Waals surface area (Å²) in [6.07, 6.45) is 0. The van der Waals surface area contributed by atoms with Gasteiger partial charge in [-0.1, -0.05) is 170 Å². The van der Waals surface area contributed by atoms with E-state index in [2.05, 4.69) is 205 Å². The Kier molecular flexibility index (Phi) is 12.3. The monoisotopic (exact) mass is 1120 g/mol. The zero-order chi connectivity index (χ0) is 54.5. The standard InChI is InChI=1S/C36H23BN2O2.C36H25BrN2O2/c1-3-13-24(14-4-1)38-29-20-10-12-22-32(29)41-36-30(38)23-33-34-35(36)39(25-15-5-2-6-16-25)28-19-9-7-17-26(28)37(34)27-18-8-11-21-31(27)40-33;37-34-33(40-29-21-11-4-12-22-29)25-31-36(35(34)38(26-15-5-1-6-16-26)27-17-7-2-8-18-27)41-32-24-14-13-23-30(32)39(31)28-19-9-3-10-20-28/h1-23H;1-25H. The van der Waals surface area contributed by atoms with E-state index in [1.807, 2.05) is 121 Å². The first-order valence-corrected chi connectivity index (χ1v) is 28.1. The Bertz CT molecular complexity index is 4240. The molecule has 10 heteroatoms. The topological polar surface area (TPSA) is 49.9 Å². The van der Waals surface area contributed by atoms with Crippen LogP contribution in [0.1, 0.15) is 0 Å². The first kappa shape index (κ1) is 48.7. The zero-order valence-corrected chi connectivity index (χ0v) is 45.7. The third-order valence-corrected chi connectivity index (χ3v) is 16.0. The van der Waals surface area contributed by atoms with E-state index in [1.165, 1.54) is 5.46 Å². The highest BCUT2D eigenvalue weighted by atomic mass is 79.9. The summed E-state index contributed by atoms with van der Waals surface area (Å²) in [6.45, 7) is 0.0114. The molecule has 0 radical (unpaired) electrons. The van der Waals surface area contributed by atoms with Crippen LogP contribution in [0.15, 0.2) is 296 Å². The summed E-state index contributed by atoms with van der Waals surface area (Å²) in [4.78, 5) is 9.07. The molecule has 0 saturated carbocycles. The average Bonchev–Trinajstić information content (AvgIpc) is 3.72. The van der Waals surface area contributed by atoms with E-state index in [9.17, 15) is 0 Å². The van der Waals surface area contributed by atoms with Crippen LogP contribution in [0.3, 0.4) is 0 Å². The number of rotatable bonds is 8. The van der Waals surface area contributed by atoms with Crippen LogP contribution >= 0.6 is 15.9 Å². The number of halogens is 1. The van der Waals surface area contributed by atoms with Crippen molar-refractivity contribution in [2.75, 3.05) is 19.6 Å². The second kappa shape index (κ2) is 20.7. The van der Waals surface area contributed by atoms with Gasteiger partial charge in [-0.05, 0) is 136 Å². The molecule has 4 heterocycles. The predicted molar refractivity (Wildman–Crippen MR) is 337 cm³/mol. The Balaban J connectivity index is 0.000000140. The summed E-state index contributed by atoms with van der Waals surface area (Å²) in [6, 6.07) is 99.5. The molecule has 12 aromatic rings. The smallest absolute Gasteiger partial charge is 0.256 e. The minimum absolute atomic E-state index is 0.0114. The summed E-state index contributed by atoms with van der Waals surface area (Å²) in [7, 11) is 0. The van der Waals surface area contributed by atoms with Gasteiger partial charge in [-0.2, -0.15) is 0 Å². The Morgan fingerprint density at radius 1 is 0.354 bits per heavy atom. The van der Waals surface area contributed by atoms with Crippen molar-refractivity contribution in [3.8, 4) is 46.0 Å². The maximum absolute atomic E-state index is 6.92. The molecule has 0 spiro atoms. The Hall–Kier alpha value is -10.4. The average molecular weight is 1120 g/mol. The first-order chi connectivity index (χ1) is 40.6. The largest absolute Gasteiger partial charge is 0.458 e. The minimum atomic E-state index is 0.0114. The van der Waals surface area contributed by atoms with E-state index in [1.54, 1.807) is 0 Å². The second-order valence-electron chi connectivity index (χ2n) is 20.1. The molecule has 12 aromatic carbocycles. The Morgan fingerprint density at radius 2 is 0.780 bits per heavy atom. The van der Waals surface area contributed by atoms with E-state index in [4.69, 9.17) is 18.9 Å². The van der Waals surface area contributed by atoms with Crippen molar-refractivity contribution < 1.29 is 18.9 Å². The number of hydrogen-bond donors (Lipinski definition) is 0. The molecule has 0 N–H and O–H groups in total. The van der Waals surface area contributed by atoms with Gasteiger partial charge in [0.05, 0.1) is 32.9 Å². The number of ether oxygens (including phenoxy) is 4. The quantitative estimate of drug-likeness (QED) is 0.140. The van der Waals surface area contributed by atoms with Gasteiger partial charge in [0.15, 0.2) is 23.0 Å². The van der Waals surface area contributed by atoms with Crippen LogP contribution in [-0.4, -0.2) is 6.71 Å². The fraction of sp³-hybridized carbons (Fsp3) is 0. The summed E-state index contributed by atoms with van der Waals surface area (Å²) < 4.78 is 27.8. The van der Waals surface area contributed by atoms with Crippen molar-refractivity contribution in [1.29, 1.82) is 0 Å². The summed E-state index contributed by atoms with van der Waals surface area (Å²) in [5, 5.41) is 0. The number of anilines is 12. The molecule has 0 saturated heterocycles. The normalized spacial score (nSPS) is 12.6. The van der Waals surface area contributed by atoms with Crippen LogP contribution < -0.4 is 54.9 Å². The van der Waals surface area contributed by atoms with Crippen molar-refractivity contribution in [1.82, 2.24) is 0 Å².